The number of imidazole rings is 1. The number of halogens is 3. The third-order valence-corrected chi connectivity index (χ3v) is 3.18. The van der Waals surface area contributed by atoms with Crippen molar-refractivity contribution >= 4 is 17.2 Å². The summed E-state index contributed by atoms with van der Waals surface area (Å²) >= 11 is 0. The topological polar surface area (TPSA) is 62.2 Å². The lowest BCUT2D eigenvalue weighted by Crippen LogP contribution is -2.06. The highest BCUT2D eigenvalue weighted by atomic mass is 19.4. The molecule has 5 nitrogen and oxygen atoms in total. The molecule has 0 aliphatic heterocycles. The van der Waals surface area contributed by atoms with Crippen LogP contribution in [0.2, 0.25) is 0 Å². The van der Waals surface area contributed by atoms with Gasteiger partial charge in [-0.1, -0.05) is 6.07 Å². The Balaban J connectivity index is 2.07. The first-order chi connectivity index (χ1) is 10.8. The third kappa shape index (κ3) is 3.01. The molecule has 0 fully saturated rings. The zero-order valence-electron chi connectivity index (χ0n) is 11.9. The SMILES string of the molecule is Cc1nc2ccc(C(F)(F)F)cn2c1N=Nc1cccc(O)c1. The molecule has 0 unspecified atom stereocenters. The Morgan fingerprint density at radius 2 is 1.91 bits per heavy atom. The number of hydrogen-bond acceptors (Lipinski definition) is 4. The minimum absolute atomic E-state index is 0.0238. The number of aromatic nitrogens is 2. The van der Waals surface area contributed by atoms with Gasteiger partial charge in [0.15, 0.2) is 5.82 Å². The molecule has 8 heteroatoms. The van der Waals surface area contributed by atoms with Crippen molar-refractivity contribution in [2.24, 2.45) is 10.2 Å². The van der Waals surface area contributed by atoms with Crippen LogP contribution >= 0.6 is 0 Å². The second-order valence-electron chi connectivity index (χ2n) is 4.88. The van der Waals surface area contributed by atoms with Gasteiger partial charge in [-0.3, -0.25) is 4.40 Å². The molecule has 1 N–H and O–H groups in total. The number of rotatable bonds is 2. The molecule has 118 valence electrons. The fraction of sp³-hybridized carbons (Fsp3) is 0.133. The summed E-state index contributed by atoms with van der Waals surface area (Å²) in [5.74, 6) is 0.227. The van der Waals surface area contributed by atoms with Crippen molar-refractivity contribution in [2.75, 3.05) is 0 Å². The van der Waals surface area contributed by atoms with Crippen LogP contribution in [-0.4, -0.2) is 14.5 Å². The van der Waals surface area contributed by atoms with Gasteiger partial charge in [0.05, 0.1) is 16.9 Å². The molecule has 0 atom stereocenters. The average Bonchev–Trinajstić information content (AvgIpc) is 2.79. The molecule has 23 heavy (non-hydrogen) atoms. The minimum Gasteiger partial charge on any atom is -0.508 e. The van der Waals surface area contributed by atoms with Gasteiger partial charge in [0.25, 0.3) is 0 Å². The predicted octanol–water partition coefficient (Wildman–Crippen LogP) is 4.78. The predicted molar refractivity (Wildman–Crippen MR) is 77.2 cm³/mol. The number of aromatic hydroxyl groups is 1. The Kier molecular flexibility index (Phi) is 3.51. The van der Waals surface area contributed by atoms with Crippen molar-refractivity contribution in [3.05, 3.63) is 53.9 Å². The van der Waals surface area contributed by atoms with Crippen LogP contribution in [0.15, 0.2) is 52.8 Å². The molecule has 2 heterocycles. The van der Waals surface area contributed by atoms with E-state index in [9.17, 15) is 18.3 Å². The Labute approximate surface area is 128 Å². The van der Waals surface area contributed by atoms with E-state index in [1.165, 1.54) is 22.6 Å². The maximum absolute atomic E-state index is 12.8. The number of hydrogen-bond donors (Lipinski definition) is 1. The zero-order valence-corrected chi connectivity index (χ0v) is 11.9. The number of alkyl halides is 3. The second kappa shape index (κ2) is 5.38. The fourth-order valence-electron chi connectivity index (χ4n) is 2.10. The summed E-state index contributed by atoms with van der Waals surface area (Å²) < 4.78 is 39.7. The molecular formula is C15H11F3N4O. The van der Waals surface area contributed by atoms with E-state index in [0.717, 1.165) is 12.3 Å². The van der Waals surface area contributed by atoms with E-state index in [1.54, 1.807) is 19.1 Å². The first-order valence-electron chi connectivity index (χ1n) is 6.61. The summed E-state index contributed by atoms with van der Waals surface area (Å²) in [5.41, 5.74) is 0.385. The molecule has 0 saturated heterocycles. The van der Waals surface area contributed by atoms with E-state index in [4.69, 9.17) is 0 Å². The third-order valence-electron chi connectivity index (χ3n) is 3.18. The Morgan fingerprint density at radius 1 is 1.13 bits per heavy atom. The van der Waals surface area contributed by atoms with Gasteiger partial charge in [0, 0.05) is 12.3 Å². The van der Waals surface area contributed by atoms with Crippen LogP contribution in [0, 0.1) is 6.92 Å². The van der Waals surface area contributed by atoms with Crippen molar-refractivity contribution in [3.8, 4) is 5.75 Å². The normalized spacial score (nSPS) is 12.3. The summed E-state index contributed by atoms with van der Waals surface area (Å²) in [7, 11) is 0. The van der Waals surface area contributed by atoms with E-state index >= 15 is 0 Å². The van der Waals surface area contributed by atoms with Crippen molar-refractivity contribution in [1.29, 1.82) is 0 Å². The number of phenols is 1. The van der Waals surface area contributed by atoms with Crippen molar-refractivity contribution in [1.82, 2.24) is 9.38 Å². The fourth-order valence-corrected chi connectivity index (χ4v) is 2.10. The van der Waals surface area contributed by atoms with Gasteiger partial charge in [0.2, 0.25) is 0 Å². The van der Waals surface area contributed by atoms with Gasteiger partial charge in [0.1, 0.15) is 11.4 Å². The lowest BCUT2D eigenvalue weighted by Gasteiger charge is -2.06. The highest BCUT2D eigenvalue weighted by Crippen LogP contribution is 2.31. The molecule has 3 rings (SSSR count). The maximum Gasteiger partial charge on any atom is 0.417 e. The summed E-state index contributed by atoms with van der Waals surface area (Å²) in [6.07, 6.45) is -3.52. The smallest absolute Gasteiger partial charge is 0.417 e. The van der Waals surface area contributed by atoms with E-state index in [1.807, 2.05) is 0 Å². The standard InChI is InChI=1S/C15H11F3N4O/c1-9-14(21-20-11-3-2-4-12(23)7-11)22-8-10(15(16,17)18)5-6-13(22)19-9/h2-8,23H,1H3. The van der Waals surface area contributed by atoms with Crippen molar-refractivity contribution in [2.45, 2.75) is 13.1 Å². The molecule has 0 bridgehead atoms. The second-order valence-corrected chi connectivity index (χ2v) is 4.88. The van der Waals surface area contributed by atoms with Gasteiger partial charge in [-0.2, -0.15) is 13.2 Å². The molecule has 1 aromatic carbocycles. The van der Waals surface area contributed by atoms with E-state index in [2.05, 4.69) is 15.2 Å². The van der Waals surface area contributed by atoms with Gasteiger partial charge in [-0.25, -0.2) is 4.98 Å². The van der Waals surface area contributed by atoms with Crippen LogP contribution < -0.4 is 0 Å². The Bertz CT molecular complexity index is 899. The van der Waals surface area contributed by atoms with Crippen LogP contribution in [-0.2, 0) is 6.18 Å². The van der Waals surface area contributed by atoms with Crippen LogP contribution in [0.3, 0.4) is 0 Å². The first kappa shape index (κ1) is 15.0. The van der Waals surface area contributed by atoms with Gasteiger partial charge in [-0.05, 0) is 31.2 Å². The first-order valence-corrected chi connectivity index (χ1v) is 6.61. The van der Waals surface area contributed by atoms with Gasteiger partial charge < -0.3 is 5.11 Å². The average molecular weight is 320 g/mol. The summed E-state index contributed by atoms with van der Waals surface area (Å²) in [4.78, 5) is 4.16. The Morgan fingerprint density at radius 3 is 2.61 bits per heavy atom. The maximum atomic E-state index is 12.8. The number of nitrogens with zero attached hydrogens (tertiary/aromatic N) is 4. The number of phenolic OH excluding ortho intramolecular Hbond substituents is 1. The highest BCUT2D eigenvalue weighted by molar-refractivity contribution is 5.53. The molecule has 0 spiro atoms. The van der Waals surface area contributed by atoms with Crippen LogP contribution in [0.25, 0.3) is 5.65 Å². The van der Waals surface area contributed by atoms with Crippen LogP contribution in [0.1, 0.15) is 11.3 Å². The van der Waals surface area contributed by atoms with E-state index in [0.29, 0.717) is 17.0 Å². The van der Waals surface area contributed by atoms with Crippen LogP contribution in [0.5, 0.6) is 5.75 Å². The molecule has 2 aromatic heterocycles. The molecule has 0 amide bonds. The Hall–Kier alpha value is -2.90. The summed E-state index contributed by atoms with van der Waals surface area (Å²) in [6.45, 7) is 1.64. The van der Waals surface area contributed by atoms with E-state index in [-0.39, 0.29) is 11.6 Å². The molecule has 0 aliphatic rings. The summed E-state index contributed by atoms with van der Waals surface area (Å²) in [5, 5.41) is 17.3. The molecule has 0 aliphatic carbocycles. The van der Waals surface area contributed by atoms with E-state index < -0.39 is 11.7 Å². The number of fused-ring (bicyclic) bond motifs is 1. The lowest BCUT2D eigenvalue weighted by molar-refractivity contribution is -0.137. The number of azo groups is 1. The molecule has 0 saturated carbocycles. The zero-order chi connectivity index (χ0) is 16.6. The molecule has 3 aromatic rings. The van der Waals surface area contributed by atoms with Gasteiger partial charge in [-0.15, -0.1) is 10.2 Å². The number of pyridine rings is 1. The lowest BCUT2D eigenvalue weighted by atomic mass is 10.3. The number of aryl methyl sites for hydroxylation is 1. The van der Waals surface area contributed by atoms with Crippen LogP contribution in [0.4, 0.5) is 24.7 Å². The molecular weight excluding hydrogens is 309 g/mol. The van der Waals surface area contributed by atoms with Crippen molar-refractivity contribution < 1.29 is 18.3 Å². The quantitative estimate of drug-likeness (QED) is 0.691. The largest absolute Gasteiger partial charge is 0.508 e. The van der Waals surface area contributed by atoms with Crippen molar-refractivity contribution in [3.63, 3.8) is 0 Å². The minimum atomic E-state index is -4.45. The molecule has 0 radical (unpaired) electrons. The number of benzene rings is 1. The summed E-state index contributed by atoms with van der Waals surface area (Å²) in [6, 6.07) is 8.33. The monoisotopic (exact) mass is 320 g/mol. The highest BCUT2D eigenvalue weighted by Gasteiger charge is 2.31. The van der Waals surface area contributed by atoms with Gasteiger partial charge >= 0.3 is 6.18 Å².